The lowest BCUT2D eigenvalue weighted by atomic mass is 10.2. The van der Waals surface area contributed by atoms with Crippen LogP contribution in [0.4, 0.5) is 23.7 Å². The molecule has 0 spiro atoms. The lowest BCUT2D eigenvalue weighted by Crippen LogP contribution is -2.19. The summed E-state index contributed by atoms with van der Waals surface area (Å²) in [4.78, 5) is 11.7. The third-order valence-corrected chi connectivity index (χ3v) is 2.61. The number of rotatable bonds is 3. The third kappa shape index (κ3) is 4.69. The topological polar surface area (TPSA) is 47.6 Å². The second-order valence-electron chi connectivity index (χ2n) is 4.36. The number of hydrogen-bond donors (Lipinski definition) is 1. The van der Waals surface area contributed by atoms with E-state index >= 15 is 0 Å². The van der Waals surface area contributed by atoms with Gasteiger partial charge in [0.2, 0.25) is 0 Å². The van der Waals surface area contributed by atoms with Gasteiger partial charge in [0.15, 0.2) is 0 Å². The summed E-state index contributed by atoms with van der Waals surface area (Å²) in [5.74, 6) is -0.0658. The predicted octanol–water partition coefficient (Wildman–Crippen LogP) is 4.50. The second-order valence-corrected chi connectivity index (χ2v) is 4.36. The Labute approximate surface area is 124 Å². The summed E-state index contributed by atoms with van der Waals surface area (Å²) < 4.78 is 45.7. The monoisotopic (exact) mass is 311 g/mol. The van der Waals surface area contributed by atoms with Crippen molar-refractivity contribution in [1.82, 2.24) is 0 Å². The summed E-state index contributed by atoms with van der Waals surface area (Å²) >= 11 is 0. The Hall–Kier alpha value is -2.70. The number of alkyl halides is 3. The normalized spacial score (nSPS) is 10.9. The quantitative estimate of drug-likeness (QED) is 0.907. The van der Waals surface area contributed by atoms with Gasteiger partial charge in [-0.05, 0) is 30.7 Å². The number of amides is 1. The lowest BCUT2D eigenvalue weighted by molar-refractivity contribution is -0.274. The molecule has 2 aromatic rings. The van der Waals surface area contributed by atoms with Crippen molar-refractivity contribution in [2.45, 2.75) is 13.3 Å². The van der Waals surface area contributed by atoms with Crippen molar-refractivity contribution in [2.24, 2.45) is 0 Å². The highest BCUT2D eigenvalue weighted by Gasteiger charge is 2.31. The second kappa shape index (κ2) is 6.38. The standard InChI is InChI=1S/C15H12F3NO3/c1-10-7-8-11(9-13(10)22-15(16,17)18)19-14(20)21-12-5-3-2-4-6-12/h2-9H,1H3,(H,19,20). The van der Waals surface area contributed by atoms with Gasteiger partial charge in [-0.25, -0.2) is 4.79 Å². The van der Waals surface area contributed by atoms with Crippen molar-refractivity contribution >= 4 is 11.8 Å². The van der Waals surface area contributed by atoms with Gasteiger partial charge in [-0.15, -0.1) is 13.2 Å². The van der Waals surface area contributed by atoms with Gasteiger partial charge in [0, 0.05) is 11.8 Å². The Kier molecular flexibility index (Phi) is 4.55. The Balaban J connectivity index is 2.06. The zero-order chi connectivity index (χ0) is 16.2. The maximum Gasteiger partial charge on any atom is 0.573 e. The van der Waals surface area contributed by atoms with Gasteiger partial charge < -0.3 is 9.47 Å². The van der Waals surface area contributed by atoms with Gasteiger partial charge in [-0.3, -0.25) is 5.32 Å². The molecule has 0 aliphatic rings. The van der Waals surface area contributed by atoms with Crippen LogP contribution >= 0.6 is 0 Å². The van der Waals surface area contributed by atoms with E-state index in [0.29, 0.717) is 11.3 Å². The first-order valence-electron chi connectivity index (χ1n) is 6.24. The zero-order valence-corrected chi connectivity index (χ0v) is 11.5. The first-order chi connectivity index (χ1) is 10.3. The minimum atomic E-state index is -4.80. The van der Waals surface area contributed by atoms with Crippen molar-refractivity contribution in [1.29, 1.82) is 0 Å². The molecule has 0 bridgehead atoms. The summed E-state index contributed by atoms with van der Waals surface area (Å²) in [5.41, 5.74) is 0.421. The largest absolute Gasteiger partial charge is 0.573 e. The van der Waals surface area contributed by atoms with Gasteiger partial charge in [0.25, 0.3) is 0 Å². The van der Waals surface area contributed by atoms with Crippen LogP contribution in [-0.4, -0.2) is 12.5 Å². The molecule has 0 saturated heterocycles. The fourth-order valence-electron chi connectivity index (χ4n) is 1.65. The smallest absolute Gasteiger partial charge is 0.410 e. The summed E-state index contributed by atoms with van der Waals surface area (Å²) in [5, 5.41) is 2.34. The van der Waals surface area contributed by atoms with Crippen LogP contribution in [-0.2, 0) is 0 Å². The summed E-state index contributed by atoms with van der Waals surface area (Å²) in [7, 11) is 0. The van der Waals surface area contributed by atoms with Crippen molar-refractivity contribution in [3.8, 4) is 11.5 Å². The molecule has 116 valence electrons. The minimum Gasteiger partial charge on any atom is -0.410 e. The number of anilines is 1. The Morgan fingerprint density at radius 3 is 2.41 bits per heavy atom. The SMILES string of the molecule is Cc1ccc(NC(=O)Oc2ccccc2)cc1OC(F)(F)F. The molecule has 0 heterocycles. The summed E-state index contributed by atoms with van der Waals surface area (Å²) in [6.07, 6.45) is -5.61. The van der Waals surface area contributed by atoms with Gasteiger partial charge in [-0.2, -0.15) is 0 Å². The fraction of sp³-hybridized carbons (Fsp3) is 0.133. The summed E-state index contributed by atoms with van der Waals surface area (Å²) in [6, 6.07) is 12.2. The average Bonchev–Trinajstić information content (AvgIpc) is 2.42. The van der Waals surface area contributed by atoms with Crippen LogP contribution < -0.4 is 14.8 Å². The molecule has 1 N–H and O–H groups in total. The minimum absolute atomic E-state index is 0.130. The van der Waals surface area contributed by atoms with E-state index in [-0.39, 0.29) is 11.4 Å². The maximum absolute atomic E-state index is 12.3. The number of carbonyl (C=O) groups excluding carboxylic acids is 1. The molecule has 7 heteroatoms. The molecule has 0 atom stereocenters. The van der Waals surface area contributed by atoms with E-state index in [1.165, 1.54) is 19.1 Å². The highest BCUT2D eigenvalue weighted by atomic mass is 19.4. The molecule has 2 aromatic carbocycles. The fourth-order valence-corrected chi connectivity index (χ4v) is 1.65. The lowest BCUT2D eigenvalue weighted by Gasteiger charge is -2.13. The molecule has 4 nitrogen and oxygen atoms in total. The molecule has 0 radical (unpaired) electrons. The van der Waals surface area contributed by atoms with Crippen LogP contribution in [0.1, 0.15) is 5.56 Å². The number of ether oxygens (including phenoxy) is 2. The number of hydrogen-bond acceptors (Lipinski definition) is 3. The number of nitrogens with one attached hydrogen (secondary N) is 1. The van der Waals surface area contributed by atoms with Crippen molar-refractivity contribution in [2.75, 3.05) is 5.32 Å². The van der Waals surface area contributed by atoms with Crippen LogP contribution in [0.2, 0.25) is 0 Å². The molecular formula is C15H12F3NO3. The predicted molar refractivity (Wildman–Crippen MR) is 74.0 cm³/mol. The highest BCUT2D eigenvalue weighted by molar-refractivity contribution is 5.86. The molecule has 22 heavy (non-hydrogen) atoms. The zero-order valence-electron chi connectivity index (χ0n) is 11.5. The Morgan fingerprint density at radius 1 is 1.09 bits per heavy atom. The van der Waals surface area contributed by atoms with Crippen molar-refractivity contribution < 1.29 is 27.4 Å². The van der Waals surface area contributed by atoms with E-state index in [2.05, 4.69) is 10.1 Å². The van der Waals surface area contributed by atoms with E-state index in [4.69, 9.17) is 4.74 Å². The number of halogens is 3. The van der Waals surface area contributed by atoms with Crippen LogP contribution in [0.15, 0.2) is 48.5 Å². The van der Waals surface area contributed by atoms with Crippen molar-refractivity contribution in [3.63, 3.8) is 0 Å². The van der Waals surface area contributed by atoms with Gasteiger partial charge >= 0.3 is 12.5 Å². The first-order valence-corrected chi connectivity index (χ1v) is 6.24. The van der Waals surface area contributed by atoms with Crippen LogP contribution in [0.25, 0.3) is 0 Å². The van der Waals surface area contributed by atoms with Crippen LogP contribution in [0.5, 0.6) is 11.5 Å². The van der Waals surface area contributed by atoms with E-state index in [9.17, 15) is 18.0 Å². The number of aryl methyl sites for hydroxylation is 1. The molecule has 1 amide bonds. The molecule has 0 aromatic heterocycles. The molecule has 0 unspecified atom stereocenters. The average molecular weight is 311 g/mol. The van der Waals surface area contributed by atoms with Crippen LogP contribution in [0, 0.1) is 6.92 Å². The van der Waals surface area contributed by atoms with E-state index < -0.39 is 12.5 Å². The molecule has 0 fully saturated rings. The molecule has 0 saturated carbocycles. The maximum atomic E-state index is 12.3. The number of carbonyl (C=O) groups is 1. The molecule has 0 aliphatic heterocycles. The van der Waals surface area contributed by atoms with Crippen LogP contribution in [0.3, 0.4) is 0 Å². The summed E-state index contributed by atoms with van der Waals surface area (Å²) in [6.45, 7) is 1.47. The first kappa shape index (κ1) is 15.7. The van der Waals surface area contributed by atoms with E-state index in [1.54, 1.807) is 30.3 Å². The van der Waals surface area contributed by atoms with Gasteiger partial charge in [-0.1, -0.05) is 24.3 Å². The molecule has 0 aliphatic carbocycles. The van der Waals surface area contributed by atoms with E-state index in [1.807, 2.05) is 0 Å². The number of para-hydroxylation sites is 1. The van der Waals surface area contributed by atoms with E-state index in [0.717, 1.165) is 6.07 Å². The number of benzene rings is 2. The van der Waals surface area contributed by atoms with Crippen molar-refractivity contribution in [3.05, 3.63) is 54.1 Å². The Bertz CT molecular complexity index is 657. The highest BCUT2D eigenvalue weighted by Crippen LogP contribution is 2.28. The third-order valence-electron chi connectivity index (χ3n) is 2.61. The van der Waals surface area contributed by atoms with Gasteiger partial charge in [0.05, 0.1) is 0 Å². The molecule has 2 rings (SSSR count). The van der Waals surface area contributed by atoms with Gasteiger partial charge in [0.1, 0.15) is 11.5 Å². The molecular weight excluding hydrogens is 299 g/mol. The Morgan fingerprint density at radius 2 is 1.77 bits per heavy atom.